The second-order valence-corrected chi connectivity index (χ2v) is 9.43. The van der Waals surface area contributed by atoms with Crippen molar-refractivity contribution in [3.05, 3.63) is 58.7 Å². The summed E-state index contributed by atoms with van der Waals surface area (Å²) in [4.78, 5) is 96.8. The predicted octanol–water partition coefficient (Wildman–Crippen LogP) is -1.48. The van der Waals surface area contributed by atoms with Crippen LogP contribution in [0.2, 0.25) is 0 Å². The third-order valence-electron chi connectivity index (χ3n) is 7.00. The van der Waals surface area contributed by atoms with Crippen LogP contribution in [0.1, 0.15) is 67.1 Å². The molecule has 15 heteroatoms. The summed E-state index contributed by atoms with van der Waals surface area (Å²) in [5.74, 6) is -4.33. The second kappa shape index (κ2) is 10.6. The van der Waals surface area contributed by atoms with E-state index in [0.717, 1.165) is 9.80 Å². The molecule has 2 saturated heterocycles. The van der Waals surface area contributed by atoms with Gasteiger partial charge in [-0.2, -0.15) is 0 Å². The molecule has 0 saturated carbocycles. The molecule has 41 heavy (non-hydrogen) atoms. The van der Waals surface area contributed by atoms with Gasteiger partial charge in [0.2, 0.25) is 23.6 Å². The fourth-order valence-corrected chi connectivity index (χ4v) is 5.08. The Morgan fingerprint density at radius 1 is 0.585 bits per heavy atom. The zero-order valence-electron chi connectivity index (χ0n) is 21.3. The molecule has 2 aromatic carbocycles. The van der Waals surface area contributed by atoms with Gasteiger partial charge >= 0.3 is 0 Å². The van der Waals surface area contributed by atoms with Crippen molar-refractivity contribution in [2.45, 2.75) is 37.8 Å². The van der Waals surface area contributed by atoms with Crippen molar-refractivity contribution in [2.24, 2.45) is 0 Å². The molecule has 2 unspecified atom stereocenters. The standard InChI is InChI=1S/2C13H11N3O4.H2O/c2*14-7-3-1-2-6-10(7)13(20)16(12(6)19)8-4-5-9(17)15-11(8)18;/h2*1-3,8H,4-5,14H2,(H,15,17,18);1H2. The largest absolute Gasteiger partial charge is 0.412 e. The van der Waals surface area contributed by atoms with E-state index in [1.807, 2.05) is 0 Å². The number of nitrogens with zero attached hydrogens (tertiary/aromatic N) is 2. The molecule has 0 spiro atoms. The van der Waals surface area contributed by atoms with E-state index in [2.05, 4.69) is 10.6 Å². The van der Waals surface area contributed by atoms with E-state index >= 15 is 0 Å². The Morgan fingerprint density at radius 2 is 0.951 bits per heavy atom. The molecule has 4 aliphatic heterocycles. The number of anilines is 2. The number of carbonyl (C=O) groups is 8. The second-order valence-electron chi connectivity index (χ2n) is 9.43. The van der Waals surface area contributed by atoms with Crippen LogP contribution in [0.4, 0.5) is 11.4 Å². The van der Waals surface area contributed by atoms with E-state index in [1.54, 1.807) is 12.1 Å². The monoisotopic (exact) mass is 564 g/mol. The molecule has 8 amide bonds. The number of nitrogen functional groups attached to an aromatic ring is 2. The highest BCUT2D eigenvalue weighted by molar-refractivity contribution is 6.26. The van der Waals surface area contributed by atoms with Crippen LogP contribution in [0.25, 0.3) is 0 Å². The highest BCUT2D eigenvalue weighted by Gasteiger charge is 2.46. The minimum Gasteiger partial charge on any atom is -0.412 e. The number of benzene rings is 2. The van der Waals surface area contributed by atoms with Crippen molar-refractivity contribution >= 4 is 58.6 Å². The molecular weight excluding hydrogens is 540 g/mol. The first-order valence-corrected chi connectivity index (χ1v) is 12.2. The molecule has 4 heterocycles. The van der Waals surface area contributed by atoms with Crippen molar-refractivity contribution in [3.8, 4) is 0 Å². The number of nitrogens with two attached hydrogens (primary N) is 2. The number of amides is 8. The van der Waals surface area contributed by atoms with Gasteiger partial charge in [-0.05, 0) is 37.1 Å². The van der Waals surface area contributed by atoms with Crippen LogP contribution in [0, 0.1) is 0 Å². The fraction of sp³-hybridized carbons (Fsp3) is 0.231. The zero-order chi connectivity index (χ0) is 28.9. The number of hydrogen-bond acceptors (Lipinski definition) is 10. The summed E-state index contributed by atoms with van der Waals surface area (Å²) in [6, 6.07) is 7.28. The van der Waals surface area contributed by atoms with Crippen LogP contribution in [-0.4, -0.2) is 74.6 Å². The van der Waals surface area contributed by atoms with Gasteiger partial charge in [0, 0.05) is 24.2 Å². The maximum absolute atomic E-state index is 12.3. The average Bonchev–Trinajstić information content (AvgIpc) is 3.31. The van der Waals surface area contributed by atoms with E-state index < -0.39 is 59.3 Å². The van der Waals surface area contributed by atoms with Crippen LogP contribution >= 0.6 is 0 Å². The lowest BCUT2D eigenvalue weighted by Crippen LogP contribution is -2.54. The van der Waals surface area contributed by atoms with Gasteiger partial charge in [0.1, 0.15) is 12.1 Å². The van der Waals surface area contributed by atoms with Crippen molar-refractivity contribution in [1.29, 1.82) is 0 Å². The number of nitrogens with one attached hydrogen (secondary N) is 2. The molecule has 212 valence electrons. The first kappa shape index (κ1) is 28.6. The molecule has 0 bridgehead atoms. The molecule has 4 aliphatic rings. The van der Waals surface area contributed by atoms with E-state index in [9.17, 15) is 38.4 Å². The van der Waals surface area contributed by atoms with Gasteiger partial charge in [-0.15, -0.1) is 0 Å². The number of hydrogen-bond donors (Lipinski definition) is 4. The highest BCUT2D eigenvalue weighted by atomic mass is 16.2. The smallest absolute Gasteiger partial charge is 0.264 e. The highest BCUT2D eigenvalue weighted by Crippen LogP contribution is 2.32. The summed E-state index contributed by atoms with van der Waals surface area (Å²) in [5, 5.41) is 4.27. The van der Waals surface area contributed by atoms with E-state index in [-0.39, 0.29) is 64.8 Å². The van der Waals surface area contributed by atoms with Crippen LogP contribution in [0.15, 0.2) is 36.4 Å². The topological polar surface area (TPSA) is 251 Å². The van der Waals surface area contributed by atoms with Gasteiger partial charge in [0.05, 0.1) is 22.3 Å². The lowest BCUT2D eigenvalue weighted by Gasteiger charge is -2.27. The minimum absolute atomic E-state index is 0. The maximum atomic E-state index is 12.3. The first-order valence-electron chi connectivity index (χ1n) is 12.2. The molecule has 6 rings (SSSR count). The van der Waals surface area contributed by atoms with Gasteiger partial charge in [-0.1, -0.05) is 12.1 Å². The lowest BCUT2D eigenvalue weighted by molar-refractivity contribution is -0.137. The predicted molar refractivity (Wildman–Crippen MR) is 139 cm³/mol. The van der Waals surface area contributed by atoms with Crippen LogP contribution in [0.5, 0.6) is 0 Å². The summed E-state index contributed by atoms with van der Waals surface area (Å²) in [6.07, 6.45) is 0.463. The van der Waals surface area contributed by atoms with Gasteiger partial charge in [0.25, 0.3) is 23.6 Å². The Kier molecular flexibility index (Phi) is 7.39. The summed E-state index contributed by atoms with van der Waals surface area (Å²) >= 11 is 0. The summed E-state index contributed by atoms with van der Waals surface area (Å²) < 4.78 is 0. The number of imide groups is 4. The van der Waals surface area contributed by atoms with Gasteiger partial charge in [-0.3, -0.25) is 58.8 Å². The molecule has 2 atom stereocenters. The first-order chi connectivity index (χ1) is 19.0. The van der Waals surface area contributed by atoms with E-state index in [0.29, 0.717) is 0 Å². The zero-order valence-corrected chi connectivity index (χ0v) is 21.3. The van der Waals surface area contributed by atoms with Crippen LogP contribution in [-0.2, 0) is 19.2 Å². The molecule has 2 fully saturated rings. The van der Waals surface area contributed by atoms with Gasteiger partial charge in [-0.25, -0.2) is 0 Å². The van der Waals surface area contributed by atoms with Crippen molar-refractivity contribution in [1.82, 2.24) is 20.4 Å². The minimum atomic E-state index is -0.959. The molecule has 0 radical (unpaired) electrons. The van der Waals surface area contributed by atoms with Crippen LogP contribution in [0.3, 0.4) is 0 Å². The maximum Gasteiger partial charge on any atom is 0.264 e. The average molecular weight is 565 g/mol. The normalized spacial score (nSPS) is 21.5. The molecule has 2 aromatic rings. The molecular formula is C26H24N6O9. The number of carbonyl (C=O) groups excluding carboxylic acids is 8. The van der Waals surface area contributed by atoms with Gasteiger partial charge in [0.15, 0.2) is 0 Å². The fourth-order valence-electron chi connectivity index (χ4n) is 5.08. The Bertz CT molecular complexity index is 1450. The number of rotatable bonds is 2. The SMILES string of the molecule is Nc1cccc2c1C(=O)N(C1CCC(=O)NC1=O)C2=O.Nc1cccc2c1C(=O)N(C1CCC(=O)NC1=O)C2=O.O. The Hall–Kier alpha value is -5.44. The number of fused-ring (bicyclic) bond motifs is 2. The van der Waals surface area contributed by atoms with Crippen molar-refractivity contribution < 1.29 is 43.8 Å². The third-order valence-corrected chi connectivity index (χ3v) is 7.00. The van der Waals surface area contributed by atoms with Crippen molar-refractivity contribution in [2.75, 3.05) is 11.5 Å². The molecule has 0 aromatic heterocycles. The van der Waals surface area contributed by atoms with E-state index in [1.165, 1.54) is 24.3 Å². The molecule has 0 aliphatic carbocycles. The van der Waals surface area contributed by atoms with Crippen molar-refractivity contribution in [3.63, 3.8) is 0 Å². The summed E-state index contributed by atoms with van der Waals surface area (Å²) in [6.45, 7) is 0. The van der Waals surface area contributed by atoms with Gasteiger partial charge < -0.3 is 16.9 Å². The summed E-state index contributed by atoms with van der Waals surface area (Å²) in [5.41, 5.74) is 12.5. The Morgan fingerprint density at radius 3 is 1.27 bits per heavy atom. The molecule has 15 nitrogen and oxygen atoms in total. The number of piperidine rings is 2. The summed E-state index contributed by atoms with van der Waals surface area (Å²) in [7, 11) is 0. The molecule has 8 N–H and O–H groups in total. The third kappa shape index (κ3) is 4.67. The Balaban J connectivity index is 0.000000184. The van der Waals surface area contributed by atoms with E-state index in [4.69, 9.17) is 11.5 Å². The Labute approximate surface area is 231 Å². The van der Waals surface area contributed by atoms with Crippen LogP contribution < -0.4 is 22.1 Å². The quantitative estimate of drug-likeness (QED) is 0.243. The lowest BCUT2D eigenvalue weighted by atomic mass is 10.0.